The molecule has 0 radical (unpaired) electrons. The van der Waals surface area contributed by atoms with Crippen LogP contribution in [0.25, 0.3) is 10.9 Å². The van der Waals surface area contributed by atoms with Gasteiger partial charge in [-0.1, -0.05) is 24.3 Å². The van der Waals surface area contributed by atoms with Gasteiger partial charge in [-0.2, -0.15) is 0 Å². The highest BCUT2D eigenvalue weighted by Crippen LogP contribution is 2.45. The molecule has 2 saturated carbocycles. The number of carbonyl (C=O) groups is 1. The third-order valence-electron chi connectivity index (χ3n) is 6.71. The van der Waals surface area contributed by atoms with Gasteiger partial charge in [-0.3, -0.25) is 4.79 Å². The number of amides is 1. The maximum atomic E-state index is 13.0. The van der Waals surface area contributed by atoms with Crippen LogP contribution in [0.5, 0.6) is 0 Å². The topological polar surface area (TPSA) is 44.9 Å². The molecule has 0 saturated heterocycles. The Bertz CT molecular complexity index is 860. The molecule has 2 bridgehead atoms. The van der Waals surface area contributed by atoms with Crippen molar-refractivity contribution in [3.05, 3.63) is 47.7 Å². The number of hydrogen-bond donors (Lipinski definition) is 2. The van der Waals surface area contributed by atoms with Crippen LogP contribution in [-0.2, 0) is 4.79 Å². The second kappa shape index (κ2) is 6.29. The predicted molar refractivity (Wildman–Crippen MR) is 105 cm³/mol. The van der Waals surface area contributed by atoms with Gasteiger partial charge in [0.25, 0.3) is 0 Å². The molecule has 1 aromatic carbocycles. The smallest absolute Gasteiger partial charge is 0.227 e. The molecule has 5 rings (SSSR count). The number of aromatic amines is 1. The largest absolute Gasteiger partial charge is 0.361 e. The molecule has 3 nitrogen and oxygen atoms in total. The predicted octanol–water partition coefficient (Wildman–Crippen LogP) is 5.01. The standard InChI is InChI=1S/C23H28N2O/c1-14(23(26)25-18-11-15-4-2-5-16(10-15)12-18)20-13-24-21-7-3-6-19(22(20)21)17-8-9-17/h2-4,6-7,13-18,24H,5,8-12H2,1H3,(H,25,26). The number of hydrogen-bond acceptors (Lipinski definition) is 1. The second-order valence-corrected chi connectivity index (χ2v) is 8.71. The molecule has 0 aliphatic heterocycles. The number of allylic oxidation sites excluding steroid dienone is 2. The van der Waals surface area contributed by atoms with Crippen molar-refractivity contribution in [3.8, 4) is 0 Å². The van der Waals surface area contributed by atoms with Gasteiger partial charge in [-0.05, 0) is 80.4 Å². The fourth-order valence-corrected chi connectivity index (χ4v) is 5.20. The van der Waals surface area contributed by atoms with E-state index in [9.17, 15) is 4.79 Å². The summed E-state index contributed by atoms with van der Waals surface area (Å²) in [6.45, 7) is 2.06. The molecule has 4 atom stereocenters. The van der Waals surface area contributed by atoms with E-state index in [-0.39, 0.29) is 11.8 Å². The quantitative estimate of drug-likeness (QED) is 0.750. The molecule has 3 heteroatoms. The number of carbonyl (C=O) groups excluding carboxylic acids is 1. The Kier molecular flexibility index (Phi) is 3.91. The zero-order valence-corrected chi connectivity index (χ0v) is 15.5. The van der Waals surface area contributed by atoms with Gasteiger partial charge in [0.1, 0.15) is 0 Å². The number of nitrogens with one attached hydrogen (secondary N) is 2. The van der Waals surface area contributed by atoms with Crippen LogP contribution in [0.3, 0.4) is 0 Å². The molecule has 4 unspecified atom stereocenters. The van der Waals surface area contributed by atoms with Crippen molar-refractivity contribution in [2.24, 2.45) is 11.8 Å². The molecule has 1 heterocycles. The molecule has 0 spiro atoms. The first-order valence-corrected chi connectivity index (χ1v) is 10.3. The van der Waals surface area contributed by atoms with E-state index in [1.165, 1.54) is 42.1 Å². The van der Waals surface area contributed by atoms with Crippen LogP contribution in [0.1, 0.15) is 68.4 Å². The van der Waals surface area contributed by atoms with Crippen LogP contribution < -0.4 is 5.32 Å². The molecule has 1 aromatic heterocycles. The maximum Gasteiger partial charge on any atom is 0.227 e. The Morgan fingerprint density at radius 3 is 2.92 bits per heavy atom. The van der Waals surface area contributed by atoms with Gasteiger partial charge >= 0.3 is 0 Å². The van der Waals surface area contributed by atoms with E-state index < -0.39 is 0 Å². The monoisotopic (exact) mass is 348 g/mol. The van der Waals surface area contributed by atoms with Gasteiger partial charge in [0.15, 0.2) is 0 Å². The molecule has 2 fully saturated rings. The van der Waals surface area contributed by atoms with Crippen molar-refractivity contribution in [2.45, 2.75) is 63.3 Å². The first kappa shape index (κ1) is 16.2. The number of rotatable bonds is 4. The van der Waals surface area contributed by atoms with Gasteiger partial charge < -0.3 is 10.3 Å². The normalized spacial score (nSPS) is 28.9. The minimum absolute atomic E-state index is 0.110. The third kappa shape index (κ3) is 2.87. The lowest BCUT2D eigenvalue weighted by molar-refractivity contribution is -0.123. The number of aromatic nitrogens is 1. The van der Waals surface area contributed by atoms with Crippen molar-refractivity contribution in [3.63, 3.8) is 0 Å². The average molecular weight is 348 g/mol. The second-order valence-electron chi connectivity index (χ2n) is 8.71. The van der Waals surface area contributed by atoms with Gasteiger partial charge in [-0.15, -0.1) is 0 Å². The fraction of sp³-hybridized carbons (Fsp3) is 0.522. The first-order chi connectivity index (χ1) is 12.7. The van der Waals surface area contributed by atoms with Crippen molar-refractivity contribution in [1.29, 1.82) is 0 Å². The molecule has 26 heavy (non-hydrogen) atoms. The van der Waals surface area contributed by atoms with Gasteiger partial charge in [0.05, 0.1) is 5.92 Å². The highest BCUT2D eigenvalue weighted by molar-refractivity contribution is 5.94. The van der Waals surface area contributed by atoms with Gasteiger partial charge in [0, 0.05) is 23.1 Å². The summed E-state index contributed by atoms with van der Waals surface area (Å²) in [7, 11) is 0. The summed E-state index contributed by atoms with van der Waals surface area (Å²) in [5, 5.41) is 4.67. The Hall–Kier alpha value is -2.03. The van der Waals surface area contributed by atoms with Crippen molar-refractivity contribution >= 4 is 16.8 Å². The third-order valence-corrected chi connectivity index (χ3v) is 6.71. The molecular weight excluding hydrogens is 320 g/mol. The summed E-state index contributed by atoms with van der Waals surface area (Å²) in [6, 6.07) is 6.85. The van der Waals surface area contributed by atoms with Crippen LogP contribution in [0.15, 0.2) is 36.5 Å². The van der Waals surface area contributed by atoms with E-state index in [2.05, 4.69) is 53.8 Å². The van der Waals surface area contributed by atoms with Crippen molar-refractivity contribution in [2.75, 3.05) is 0 Å². The van der Waals surface area contributed by atoms with Crippen molar-refractivity contribution in [1.82, 2.24) is 10.3 Å². The van der Waals surface area contributed by atoms with Crippen LogP contribution in [-0.4, -0.2) is 16.9 Å². The summed E-state index contributed by atoms with van der Waals surface area (Å²) in [5.74, 6) is 2.19. The lowest BCUT2D eigenvalue weighted by Crippen LogP contribution is -2.42. The molecule has 3 aliphatic rings. The van der Waals surface area contributed by atoms with Gasteiger partial charge in [-0.25, -0.2) is 0 Å². The SMILES string of the molecule is CC(C(=O)NC1CC2C=CCC(C2)C1)c1c[nH]c2cccc(C3CC3)c12. The Balaban J connectivity index is 1.36. The lowest BCUT2D eigenvalue weighted by atomic mass is 9.74. The maximum absolute atomic E-state index is 13.0. The van der Waals surface area contributed by atoms with Gasteiger partial charge in [0.2, 0.25) is 5.91 Å². The molecule has 2 N–H and O–H groups in total. The zero-order valence-electron chi connectivity index (χ0n) is 15.5. The number of H-pyrrole nitrogens is 1. The Morgan fingerprint density at radius 2 is 2.12 bits per heavy atom. The molecule has 2 aromatic rings. The van der Waals surface area contributed by atoms with Crippen LogP contribution in [0.2, 0.25) is 0 Å². The molecule has 3 aliphatic carbocycles. The summed E-state index contributed by atoms with van der Waals surface area (Å²) in [4.78, 5) is 16.4. The average Bonchev–Trinajstić information content (AvgIpc) is 3.39. The fourth-order valence-electron chi connectivity index (χ4n) is 5.20. The Morgan fingerprint density at radius 1 is 1.23 bits per heavy atom. The van der Waals surface area contributed by atoms with E-state index in [0.29, 0.717) is 17.9 Å². The zero-order chi connectivity index (χ0) is 17.7. The van der Waals surface area contributed by atoms with Crippen LogP contribution in [0, 0.1) is 11.8 Å². The summed E-state index contributed by atoms with van der Waals surface area (Å²) in [6.07, 6.45) is 14.1. The summed E-state index contributed by atoms with van der Waals surface area (Å²) in [5.41, 5.74) is 3.76. The molecule has 1 amide bonds. The van der Waals surface area contributed by atoms with Crippen LogP contribution >= 0.6 is 0 Å². The molecular formula is C23H28N2O. The number of fused-ring (bicyclic) bond motifs is 3. The van der Waals surface area contributed by atoms with E-state index in [1.807, 2.05) is 0 Å². The van der Waals surface area contributed by atoms with Crippen molar-refractivity contribution < 1.29 is 4.79 Å². The highest BCUT2D eigenvalue weighted by atomic mass is 16.1. The van der Waals surface area contributed by atoms with Crippen LogP contribution in [0.4, 0.5) is 0 Å². The van der Waals surface area contributed by atoms with E-state index in [1.54, 1.807) is 0 Å². The minimum atomic E-state index is -0.110. The van der Waals surface area contributed by atoms with E-state index >= 15 is 0 Å². The first-order valence-electron chi connectivity index (χ1n) is 10.3. The Labute approximate surface area is 155 Å². The van der Waals surface area contributed by atoms with E-state index in [0.717, 1.165) is 24.3 Å². The van der Waals surface area contributed by atoms with E-state index in [4.69, 9.17) is 0 Å². The lowest BCUT2D eigenvalue weighted by Gasteiger charge is -2.36. The summed E-state index contributed by atoms with van der Waals surface area (Å²) < 4.78 is 0. The highest BCUT2D eigenvalue weighted by Gasteiger charge is 2.32. The molecule has 136 valence electrons. The summed E-state index contributed by atoms with van der Waals surface area (Å²) >= 11 is 0. The minimum Gasteiger partial charge on any atom is -0.361 e. The number of benzene rings is 1.